The minimum Gasteiger partial charge on any atom is -0.493 e. The van der Waals surface area contributed by atoms with E-state index in [1.807, 2.05) is 37.3 Å². The predicted molar refractivity (Wildman–Crippen MR) is 92.0 cm³/mol. The van der Waals surface area contributed by atoms with Crippen molar-refractivity contribution in [1.82, 2.24) is 5.43 Å². The van der Waals surface area contributed by atoms with Gasteiger partial charge in [-0.3, -0.25) is 4.79 Å². The first-order valence-electron chi connectivity index (χ1n) is 7.37. The Kier molecular flexibility index (Phi) is 6.19. The van der Waals surface area contributed by atoms with Gasteiger partial charge in [0.2, 0.25) is 0 Å². The lowest BCUT2D eigenvalue weighted by atomic mass is 10.2. The first-order valence-corrected chi connectivity index (χ1v) is 7.37. The van der Waals surface area contributed by atoms with Crippen molar-refractivity contribution < 1.29 is 19.0 Å². The van der Waals surface area contributed by atoms with Crippen molar-refractivity contribution in [2.75, 3.05) is 20.8 Å². The average molecular weight is 328 g/mol. The van der Waals surface area contributed by atoms with E-state index in [4.69, 9.17) is 14.2 Å². The van der Waals surface area contributed by atoms with Gasteiger partial charge in [0.15, 0.2) is 18.1 Å². The van der Waals surface area contributed by atoms with Crippen molar-refractivity contribution in [2.24, 2.45) is 5.10 Å². The van der Waals surface area contributed by atoms with Crippen molar-refractivity contribution in [3.05, 3.63) is 53.6 Å². The van der Waals surface area contributed by atoms with Crippen LogP contribution in [0, 0.1) is 6.92 Å². The fourth-order valence-corrected chi connectivity index (χ4v) is 2.08. The van der Waals surface area contributed by atoms with E-state index in [0.717, 1.165) is 5.56 Å². The molecule has 0 heterocycles. The Morgan fingerprint density at radius 2 is 1.83 bits per heavy atom. The molecule has 2 aromatic rings. The van der Waals surface area contributed by atoms with E-state index in [9.17, 15) is 4.79 Å². The van der Waals surface area contributed by atoms with Crippen LogP contribution in [-0.2, 0) is 4.79 Å². The fraction of sp³-hybridized carbons (Fsp3) is 0.222. The van der Waals surface area contributed by atoms with Gasteiger partial charge in [-0.15, -0.1) is 0 Å². The number of para-hydroxylation sites is 2. The number of hydrazone groups is 1. The second-order valence-corrected chi connectivity index (χ2v) is 4.93. The maximum absolute atomic E-state index is 11.8. The van der Waals surface area contributed by atoms with E-state index in [0.29, 0.717) is 22.8 Å². The lowest BCUT2D eigenvalue weighted by molar-refractivity contribution is -0.123. The molecule has 0 fully saturated rings. The smallest absolute Gasteiger partial charge is 0.277 e. The van der Waals surface area contributed by atoms with Crippen molar-refractivity contribution >= 4 is 12.1 Å². The molecule has 0 aliphatic rings. The van der Waals surface area contributed by atoms with Gasteiger partial charge in [-0.05, 0) is 30.7 Å². The molecule has 6 heteroatoms. The Morgan fingerprint density at radius 1 is 1.08 bits per heavy atom. The molecule has 126 valence electrons. The number of methoxy groups -OCH3 is 2. The molecule has 0 saturated heterocycles. The molecule has 0 radical (unpaired) electrons. The topological polar surface area (TPSA) is 69.2 Å². The van der Waals surface area contributed by atoms with Crippen LogP contribution in [0.1, 0.15) is 11.1 Å². The number of hydrogen-bond acceptors (Lipinski definition) is 5. The summed E-state index contributed by atoms with van der Waals surface area (Å²) in [7, 11) is 3.10. The van der Waals surface area contributed by atoms with Gasteiger partial charge in [0.25, 0.3) is 5.91 Å². The number of carbonyl (C=O) groups excluding carboxylic acids is 1. The van der Waals surface area contributed by atoms with E-state index >= 15 is 0 Å². The largest absolute Gasteiger partial charge is 0.493 e. The van der Waals surface area contributed by atoms with Gasteiger partial charge in [-0.2, -0.15) is 5.10 Å². The number of benzene rings is 2. The summed E-state index contributed by atoms with van der Waals surface area (Å²) in [4.78, 5) is 11.8. The minimum absolute atomic E-state index is 0.114. The lowest BCUT2D eigenvalue weighted by Gasteiger charge is -2.09. The Balaban J connectivity index is 1.92. The number of hydrogen-bond donors (Lipinski definition) is 1. The molecule has 2 rings (SSSR count). The second kappa shape index (κ2) is 8.57. The number of amides is 1. The molecule has 0 atom stereocenters. The first-order chi connectivity index (χ1) is 11.7. The molecule has 24 heavy (non-hydrogen) atoms. The quantitative estimate of drug-likeness (QED) is 0.626. The third-order valence-electron chi connectivity index (χ3n) is 3.28. The maximum Gasteiger partial charge on any atom is 0.277 e. The summed E-state index contributed by atoms with van der Waals surface area (Å²) in [5.74, 6) is 1.47. The van der Waals surface area contributed by atoms with Gasteiger partial charge in [0, 0.05) is 5.56 Å². The van der Waals surface area contributed by atoms with Gasteiger partial charge in [0.1, 0.15) is 5.75 Å². The van der Waals surface area contributed by atoms with E-state index in [1.165, 1.54) is 6.21 Å². The van der Waals surface area contributed by atoms with Crippen LogP contribution in [0.3, 0.4) is 0 Å². The number of aryl methyl sites for hydroxylation is 1. The number of nitrogens with one attached hydrogen (secondary N) is 1. The Labute approximate surface area is 141 Å². The standard InChI is InChI=1S/C18H20N2O4/c1-13-7-4-5-9-15(13)24-12-17(21)20-19-11-14-8-6-10-16(22-2)18(14)23-3/h4-11H,12H2,1-3H3,(H,20,21). The van der Waals surface area contributed by atoms with Crippen LogP contribution < -0.4 is 19.6 Å². The summed E-state index contributed by atoms with van der Waals surface area (Å²) in [6.45, 7) is 1.80. The van der Waals surface area contributed by atoms with Crippen LogP contribution in [0.5, 0.6) is 17.2 Å². The molecule has 1 N–H and O–H groups in total. The third-order valence-corrected chi connectivity index (χ3v) is 3.28. The molecule has 0 aliphatic heterocycles. The average Bonchev–Trinajstić information content (AvgIpc) is 2.60. The van der Waals surface area contributed by atoms with Gasteiger partial charge in [-0.25, -0.2) is 5.43 Å². The van der Waals surface area contributed by atoms with Crippen molar-refractivity contribution in [3.8, 4) is 17.2 Å². The normalized spacial score (nSPS) is 10.5. The molecule has 0 spiro atoms. The monoisotopic (exact) mass is 328 g/mol. The van der Waals surface area contributed by atoms with E-state index in [-0.39, 0.29) is 12.5 Å². The van der Waals surface area contributed by atoms with Crippen molar-refractivity contribution in [3.63, 3.8) is 0 Å². The molecule has 0 bridgehead atoms. The van der Waals surface area contributed by atoms with Crippen LogP contribution in [0.15, 0.2) is 47.6 Å². The molecule has 0 saturated carbocycles. The highest BCUT2D eigenvalue weighted by molar-refractivity contribution is 5.86. The zero-order valence-corrected chi connectivity index (χ0v) is 13.9. The van der Waals surface area contributed by atoms with Crippen LogP contribution in [0.2, 0.25) is 0 Å². The molecule has 2 aromatic carbocycles. The third kappa shape index (κ3) is 4.49. The highest BCUT2D eigenvalue weighted by Gasteiger charge is 2.08. The van der Waals surface area contributed by atoms with Crippen molar-refractivity contribution in [2.45, 2.75) is 6.92 Å². The Morgan fingerprint density at radius 3 is 2.54 bits per heavy atom. The number of carbonyl (C=O) groups is 1. The molecule has 0 aliphatic carbocycles. The zero-order valence-electron chi connectivity index (χ0n) is 13.9. The van der Waals surface area contributed by atoms with Crippen LogP contribution in [0.4, 0.5) is 0 Å². The molecule has 6 nitrogen and oxygen atoms in total. The van der Waals surface area contributed by atoms with Gasteiger partial charge in [-0.1, -0.05) is 24.3 Å². The number of ether oxygens (including phenoxy) is 3. The predicted octanol–water partition coefficient (Wildman–Crippen LogP) is 2.54. The summed E-state index contributed by atoms with van der Waals surface area (Å²) >= 11 is 0. The Hall–Kier alpha value is -3.02. The lowest BCUT2D eigenvalue weighted by Crippen LogP contribution is -2.24. The SMILES string of the molecule is COc1cccc(C=NNC(=O)COc2ccccc2C)c1OC. The Bertz CT molecular complexity index is 729. The van der Waals surface area contributed by atoms with Crippen molar-refractivity contribution in [1.29, 1.82) is 0 Å². The molecule has 1 amide bonds. The van der Waals surface area contributed by atoms with E-state index < -0.39 is 0 Å². The molecule has 0 aromatic heterocycles. The van der Waals surface area contributed by atoms with E-state index in [2.05, 4.69) is 10.5 Å². The summed E-state index contributed by atoms with van der Waals surface area (Å²) in [6.07, 6.45) is 1.49. The number of nitrogens with zero attached hydrogens (tertiary/aromatic N) is 1. The van der Waals surface area contributed by atoms with Crippen LogP contribution in [-0.4, -0.2) is 32.9 Å². The van der Waals surface area contributed by atoms with Gasteiger partial charge in [0.05, 0.1) is 20.4 Å². The second-order valence-electron chi connectivity index (χ2n) is 4.93. The van der Waals surface area contributed by atoms with E-state index in [1.54, 1.807) is 26.4 Å². The maximum atomic E-state index is 11.8. The first kappa shape index (κ1) is 17.3. The van der Waals surface area contributed by atoms with Crippen LogP contribution in [0.25, 0.3) is 0 Å². The molecule has 0 unspecified atom stereocenters. The number of rotatable bonds is 7. The van der Waals surface area contributed by atoms with Gasteiger partial charge >= 0.3 is 0 Å². The summed E-state index contributed by atoms with van der Waals surface area (Å²) in [6, 6.07) is 12.9. The highest BCUT2D eigenvalue weighted by atomic mass is 16.5. The molecular formula is C18H20N2O4. The summed E-state index contributed by atoms with van der Waals surface area (Å²) in [5, 5.41) is 3.92. The minimum atomic E-state index is -0.351. The summed E-state index contributed by atoms with van der Waals surface area (Å²) in [5.41, 5.74) is 4.08. The molecular weight excluding hydrogens is 308 g/mol. The highest BCUT2D eigenvalue weighted by Crippen LogP contribution is 2.29. The zero-order chi connectivity index (χ0) is 17.4. The fourth-order valence-electron chi connectivity index (χ4n) is 2.08. The van der Waals surface area contributed by atoms with Crippen LogP contribution >= 0.6 is 0 Å². The van der Waals surface area contributed by atoms with Gasteiger partial charge < -0.3 is 14.2 Å². The summed E-state index contributed by atoms with van der Waals surface area (Å²) < 4.78 is 16.0.